The van der Waals surface area contributed by atoms with Crippen molar-refractivity contribution in [2.24, 2.45) is 5.41 Å². The third kappa shape index (κ3) is 5.65. The number of aliphatic hydroxyl groups excluding tert-OH is 2. The summed E-state index contributed by atoms with van der Waals surface area (Å²) in [5.74, 6) is -1.14. The molecule has 0 bridgehead atoms. The van der Waals surface area contributed by atoms with Crippen LogP contribution in [0.2, 0.25) is 0 Å². The number of hydrogen-bond acceptors (Lipinski definition) is 4. The van der Waals surface area contributed by atoms with Crippen LogP contribution in [-0.2, 0) is 16.0 Å². The fraction of sp³-hybridized carbons (Fsp3) is 0.500. The molecule has 5 nitrogen and oxygen atoms in total. The number of ketones is 1. The molecule has 21 heavy (non-hydrogen) atoms. The van der Waals surface area contributed by atoms with Crippen LogP contribution in [0.15, 0.2) is 30.2 Å². The highest BCUT2D eigenvalue weighted by atomic mass is 16.3. The van der Waals surface area contributed by atoms with Crippen LogP contribution < -0.4 is 5.32 Å². The lowest BCUT2D eigenvalue weighted by molar-refractivity contribution is -0.137. The summed E-state index contributed by atoms with van der Waals surface area (Å²) in [7, 11) is 0. The number of benzene rings is 1. The van der Waals surface area contributed by atoms with E-state index < -0.39 is 60.0 Å². The summed E-state index contributed by atoms with van der Waals surface area (Å²) in [6.07, 6.45) is -1.92. The highest BCUT2D eigenvalue weighted by molar-refractivity contribution is 5.83. The van der Waals surface area contributed by atoms with Crippen LogP contribution in [0.4, 0.5) is 0 Å². The Balaban J connectivity index is 2.69. The number of nitrogens with one attached hydrogen (secondary N) is 1. The summed E-state index contributed by atoms with van der Waals surface area (Å²) >= 11 is 0. The molecule has 1 aromatic carbocycles. The molecule has 116 valence electrons. The van der Waals surface area contributed by atoms with Crippen LogP contribution in [0.1, 0.15) is 32.7 Å². The highest BCUT2D eigenvalue weighted by Gasteiger charge is 2.32. The molecular weight excluding hydrogens is 270 g/mol. The molecule has 5 heteroatoms. The van der Waals surface area contributed by atoms with Gasteiger partial charge in [-0.1, -0.05) is 44.1 Å². The fourth-order valence-corrected chi connectivity index (χ4v) is 1.51. The van der Waals surface area contributed by atoms with Crippen LogP contribution >= 0.6 is 0 Å². The highest BCUT2D eigenvalue weighted by Crippen LogP contribution is 2.19. The van der Waals surface area contributed by atoms with E-state index in [0.29, 0.717) is 0 Å². The SMILES string of the molecule is [2H]c1c([2H])c([2H])c(CC(=O)CCNC(=O)[C@H](O)C(C)(C)CO)c([2H])c1[2H]. The molecule has 0 aliphatic heterocycles. The molecule has 1 amide bonds. The smallest absolute Gasteiger partial charge is 0.249 e. The number of aliphatic hydroxyl groups is 2. The van der Waals surface area contributed by atoms with Gasteiger partial charge in [0.05, 0.1) is 13.5 Å². The van der Waals surface area contributed by atoms with Gasteiger partial charge >= 0.3 is 0 Å². The lowest BCUT2D eigenvalue weighted by Gasteiger charge is -2.27. The minimum Gasteiger partial charge on any atom is -0.396 e. The maximum Gasteiger partial charge on any atom is 0.249 e. The van der Waals surface area contributed by atoms with Crippen LogP contribution in [0.25, 0.3) is 0 Å². The van der Waals surface area contributed by atoms with Crippen molar-refractivity contribution in [3.63, 3.8) is 0 Å². The Hall–Kier alpha value is -1.72. The minimum absolute atomic E-state index is 0.0745. The summed E-state index contributed by atoms with van der Waals surface area (Å²) in [4.78, 5) is 23.8. The van der Waals surface area contributed by atoms with Gasteiger partial charge in [0.2, 0.25) is 5.91 Å². The van der Waals surface area contributed by atoms with Gasteiger partial charge in [0, 0.05) is 24.8 Å². The first-order valence-corrected chi connectivity index (χ1v) is 6.58. The van der Waals surface area contributed by atoms with Crippen molar-refractivity contribution in [1.82, 2.24) is 5.32 Å². The molecular formula is C16H23NO4. The number of carbonyl (C=O) groups is 2. The molecule has 1 atom stereocenters. The Bertz CT molecular complexity index is 679. The summed E-state index contributed by atoms with van der Waals surface area (Å²) in [5.41, 5.74) is -1.12. The van der Waals surface area contributed by atoms with Crippen LogP contribution in [-0.4, -0.2) is 41.2 Å². The van der Waals surface area contributed by atoms with Crippen molar-refractivity contribution in [2.45, 2.75) is 32.8 Å². The topological polar surface area (TPSA) is 86.6 Å². The van der Waals surface area contributed by atoms with Gasteiger partial charge in [-0.05, 0) is 5.56 Å². The number of Topliss-reactive ketones (excluding diaryl/α,β-unsaturated/α-hetero) is 1. The zero-order valence-corrected chi connectivity index (χ0v) is 12.1. The second-order valence-electron chi connectivity index (χ2n) is 5.41. The van der Waals surface area contributed by atoms with Gasteiger partial charge in [0.25, 0.3) is 0 Å². The maximum atomic E-state index is 12.0. The molecule has 0 spiro atoms. The summed E-state index contributed by atoms with van der Waals surface area (Å²) in [6, 6.07) is -2.38. The molecule has 0 aromatic heterocycles. The Kier molecular flexibility index (Phi) is 4.11. The zero-order valence-electron chi connectivity index (χ0n) is 17.1. The van der Waals surface area contributed by atoms with Crippen molar-refractivity contribution in [1.29, 1.82) is 0 Å². The molecule has 0 radical (unpaired) electrons. The van der Waals surface area contributed by atoms with Gasteiger partial charge in [0.1, 0.15) is 11.9 Å². The van der Waals surface area contributed by atoms with E-state index in [1.807, 2.05) is 0 Å². The first-order valence-electron chi connectivity index (χ1n) is 9.08. The number of carbonyl (C=O) groups excluding carboxylic acids is 2. The number of hydrogen-bond donors (Lipinski definition) is 3. The van der Waals surface area contributed by atoms with Crippen molar-refractivity contribution < 1.29 is 26.7 Å². The molecule has 0 heterocycles. The quantitative estimate of drug-likeness (QED) is 0.659. The van der Waals surface area contributed by atoms with Crippen molar-refractivity contribution >= 4 is 11.7 Å². The molecule has 3 N–H and O–H groups in total. The minimum atomic E-state index is -1.44. The Morgan fingerprint density at radius 1 is 1.33 bits per heavy atom. The normalized spacial score (nSPS) is 16.1. The lowest BCUT2D eigenvalue weighted by Crippen LogP contribution is -2.46. The summed E-state index contributed by atoms with van der Waals surface area (Å²) in [6.45, 7) is 2.56. The van der Waals surface area contributed by atoms with Gasteiger partial charge in [0.15, 0.2) is 0 Å². The first kappa shape index (κ1) is 10.9. The van der Waals surface area contributed by atoms with E-state index >= 15 is 0 Å². The molecule has 0 saturated carbocycles. The lowest BCUT2D eigenvalue weighted by atomic mass is 9.87. The Morgan fingerprint density at radius 2 is 1.95 bits per heavy atom. The maximum absolute atomic E-state index is 12.0. The van der Waals surface area contributed by atoms with E-state index in [1.54, 1.807) is 0 Å². The zero-order chi connectivity index (χ0) is 20.2. The van der Waals surface area contributed by atoms with E-state index in [0.717, 1.165) is 0 Å². The molecule has 0 unspecified atom stereocenters. The first-order chi connectivity index (χ1) is 11.9. The summed E-state index contributed by atoms with van der Waals surface area (Å²) < 4.78 is 38.2. The Labute approximate surface area is 132 Å². The molecule has 0 fully saturated rings. The standard InChI is InChI=1S/C16H23NO4/c1-16(2,11-18)14(20)15(21)17-9-8-13(19)10-12-6-4-3-5-7-12/h3-7,14,18,20H,8-11H2,1-2H3,(H,17,21)/t14-/m0/s1/i3D,4D,5D,6D,7D. The largest absolute Gasteiger partial charge is 0.396 e. The molecule has 0 aliphatic rings. The molecule has 0 saturated heterocycles. The summed E-state index contributed by atoms with van der Waals surface area (Å²) in [5, 5.41) is 21.4. The average molecular weight is 298 g/mol. The van der Waals surface area contributed by atoms with E-state index in [4.69, 9.17) is 12.0 Å². The van der Waals surface area contributed by atoms with Crippen molar-refractivity contribution in [3.8, 4) is 0 Å². The van der Waals surface area contributed by atoms with Gasteiger partial charge < -0.3 is 15.5 Å². The van der Waals surface area contributed by atoms with Gasteiger partial charge in [-0.3, -0.25) is 9.59 Å². The molecule has 0 aliphatic carbocycles. The third-order valence-electron chi connectivity index (χ3n) is 3.02. The predicted molar refractivity (Wildman–Crippen MR) is 79.7 cm³/mol. The van der Waals surface area contributed by atoms with Crippen molar-refractivity contribution in [3.05, 3.63) is 35.8 Å². The van der Waals surface area contributed by atoms with E-state index in [9.17, 15) is 14.7 Å². The van der Waals surface area contributed by atoms with Crippen LogP contribution in [0.5, 0.6) is 0 Å². The predicted octanol–water partition coefficient (Wildman–Crippen LogP) is 0.684. The molecule has 1 aromatic rings. The van der Waals surface area contributed by atoms with Gasteiger partial charge in [-0.25, -0.2) is 0 Å². The second-order valence-corrected chi connectivity index (χ2v) is 5.41. The van der Waals surface area contributed by atoms with Crippen LogP contribution in [0, 0.1) is 5.41 Å². The van der Waals surface area contributed by atoms with E-state index in [1.165, 1.54) is 13.8 Å². The van der Waals surface area contributed by atoms with Gasteiger partial charge in [-0.15, -0.1) is 0 Å². The van der Waals surface area contributed by atoms with E-state index in [2.05, 4.69) is 5.32 Å². The average Bonchev–Trinajstić information content (AvgIpc) is 2.61. The second kappa shape index (κ2) is 7.90. The fourth-order valence-electron chi connectivity index (χ4n) is 1.51. The van der Waals surface area contributed by atoms with Crippen LogP contribution in [0.3, 0.4) is 0 Å². The van der Waals surface area contributed by atoms with Gasteiger partial charge in [-0.2, -0.15) is 0 Å². The number of amides is 1. The van der Waals surface area contributed by atoms with Crippen molar-refractivity contribution in [2.75, 3.05) is 13.2 Å². The third-order valence-corrected chi connectivity index (χ3v) is 3.02. The Morgan fingerprint density at radius 3 is 2.52 bits per heavy atom. The number of rotatable bonds is 8. The monoisotopic (exact) mass is 298 g/mol. The van der Waals surface area contributed by atoms with E-state index in [-0.39, 0.29) is 24.9 Å². The molecule has 1 rings (SSSR count).